The van der Waals surface area contributed by atoms with E-state index in [0.717, 1.165) is 11.1 Å². The first-order valence-electron chi connectivity index (χ1n) is 8.61. The van der Waals surface area contributed by atoms with Crippen LogP contribution in [0.1, 0.15) is 37.8 Å². The van der Waals surface area contributed by atoms with Crippen molar-refractivity contribution in [2.75, 3.05) is 29.7 Å². The van der Waals surface area contributed by atoms with Gasteiger partial charge in [0.25, 0.3) is 5.56 Å². The number of aromatic nitrogens is 2. The van der Waals surface area contributed by atoms with Gasteiger partial charge in [0.05, 0.1) is 5.69 Å². The van der Waals surface area contributed by atoms with E-state index in [1.54, 1.807) is 21.0 Å². The average molecular weight is 406 g/mol. The summed E-state index contributed by atoms with van der Waals surface area (Å²) in [4.78, 5) is 30.6. The smallest absolute Gasteiger partial charge is 0.338 e. The fourth-order valence-electron chi connectivity index (χ4n) is 2.70. The van der Waals surface area contributed by atoms with Crippen LogP contribution in [-0.4, -0.2) is 35.8 Å². The van der Waals surface area contributed by atoms with Crippen LogP contribution in [0.3, 0.4) is 0 Å². The van der Waals surface area contributed by atoms with Crippen molar-refractivity contribution in [2.24, 2.45) is 0 Å². The van der Waals surface area contributed by atoms with E-state index in [4.69, 9.17) is 17.0 Å². The highest BCUT2D eigenvalue weighted by atomic mass is 35.5. The number of carbonyl (C=O) groups is 1. The Hall–Kier alpha value is -3.07. The highest BCUT2D eigenvalue weighted by Crippen LogP contribution is 2.29. The summed E-state index contributed by atoms with van der Waals surface area (Å²) in [7, 11) is 3.38. The van der Waals surface area contributed by atoms with E-state index in [1.807, 2.05) is 19.9 Å². The molecule has 0 aliphatic carbocycles. The zero-order valence-electron chi connectivity index (χ0n) is 16.4. The molecule has 0 bridgehead atoms. The van der Waals surface area contributed by atoms with Gasteiger partial charge in [0.1, 0.15) is 16.8 Å². The first-order valence-corrected chi connectivity index (χ1v) is 8.99. The number of carbonyl (C=O) groups excluding carboxylic acids is 1. The second kappa shape index (κ2) is 8.75. The molecule has 2 aromatic heterocycles. The van der Waals surface area contributed by atoms with Gasteiger partial charge >= 0.3 is 6.03 Å². The highest BCUT2D eigenvalue weighted by Gasteiger charge is 2.18. The molecule has 2 heterocycles. The average Bonchev–Trinajstić information content (AvgIpc) is 2.58. The third-order valence-electron chi connectivity index (χ3n) is 3.95. The first-order chi connectivity index (χ1) is 13.1. The van der Waals surface area contributed by atoms with Crippen LogP contribution in [0.25, 0.3) is 0 Å². The first kappa shape index (κ1) is 21.2. The molecule has 0 atom stereocenters. The number of halogens is 1. The van der Waals surface area contributed by atoms with Crippen LogP contribution in [-0.2, 0) is 0 Å². The predicted molar refractivity (Wildman–Crippen MR) is 113 cm³/mol. The van der Waals surface area contributed by atoms with Gasteiger partial charge in [0.2, 0.25) is 0 Å². The van der Waals surface area contributed by atoms with Crippen LogP contribution in [0.5, 0.6) is 0 Å². The number of rotatable bonds is 6. The number of pyridine rings is 2. The Kier molecular flexibility index (Phi) is 6.63. The molecule has 0 fully saturated rings. The van der Waals surface area contributed by atoms with Crippen molar-refractivity contribution in [3.63, 3.8) is 0 Å². The summed E-state index contributed by atoms with van der Waals surface area (Å²) in [6, 6.07) is 3.93. The van der Waals surface area contributed by atoms with Gasteiger partial charge in [-0.15, -0.1) is 0 Å². The van der Waals surface area contributed by atoms with E-state index < -0.39 is 11.6 Å². The molecular weight excluding hydrogens is 382 g/mol. The molecule has 2 aromatic rings. The van der Waals surface area contributed by atoms with E-state index in [9.17, 15) is 9.59 Å². The normalized spacial score (nSPS) is 10.5. The summed E-state index contributed by atoms with van der Waals surface area (Å²) in [5.74, 6) is 1.21. The lowest BCUT2D eigenvalue weighted by molar-refractivity contribution is 0.251. The fourth-order valence-corrected chi connectivity index (χ4v) is 2.91. The Morgan fingerprint density at radius 1 is 1.32 bits per heavy atom. The Bertz CT molecular complexity index is 955. The standard InChI is InChI=1S/C18H24ClN7O2/c1-9(2)12-8-14(24-17(21-4)16(12)10(3)20)26(5)25-18(28)22-11-6-13(19)23-15(27)7-11/h6-9,20H,1-5H3,(H,21,24)(H3,22,23,25,27,28). The molecule has 2 amide bonds. The largest absolute Gasteiger partial charge is 0.373 e. The molecule has 0 saturated heterocycles. The monoisotopic (exact) mass is 405 g/mol. The third-order valence-corrected chi connectivity index (χ3v) is 4.16. The number of hydrazine groups is 1. The van der Waals surface area contributed by atoms with Gasteiger partial charge in [0, 0.05) is 31.4 Å². The molecule has 0 aliphatic rings. The Labute approximate surface area is 168 Å². The molecule has 0 saturated carbocycles. The van der Waals surface area contributed by atoms with Crippen LogP contribution in [0, 0.1) is 5.41 Å². The van der Waals surface area contributed by atoms with E-state index in [1.165, 1.54) is 17.1 Å². The molecule has 10 heteroatoms. The van der Waals surface area contributed by atoms with Crippen molar-refractivity contribution in [1.82, 2.24) is 15.4 Å². The molecule has 28 heavy (non-hydrogen) atoms. The van der Waals surface area contributed by atoms with Gasteiger partial charge < -0.3 is 21.0 Å². The maximum absolute atomic E-state index is 12.3. The SMILES string of the molecule is CNc1nc(N(C)NC(=O)Nc2cc(Cl)[nH]c(=O)c2)cc(C(C)C)c1C(C)=N. The quantitative estimate of drug-likeness (QED) is 0.286. The molecule has 150 valence electrons. The van der Waals surface area contributed by atoms with Crippen molar-refractivity contribution in [3.8, 4) is 0 Å². The van der Waals surface area contributed by atoms with Gasteiger partial charge in [0.15, 0.2) is 0 Å². The molecule has 0 aromatic carbocycles. The molecule has 5 N–H and O–H groups in total. The van der Waals surface area contributed by atoms with E-state index >= 15 is 0 Å². The number of hydrogen-bond acceptors (Lipinski definition) is 6. The summed E-state index contributed by atoms with van der Waals surface area (Å²) in [5, 5.41) is 15.2. The van der Waals surface area contributed by atoms with Crippen LogP contribution in [0.2, 0.25) is 5.15 Å². The maximum Gasteiger partial charge on any atom is 0.338 e. The Morgan fingerprint density at radius 2 is 2.00 bits per heavy atom. The number of urea groups is 1. The summed E-state index contributed by atoms with van der Waals surface area (Å²) in [5.41, 5.74) is 4.58. The zero-order valence-corrected chi connectivity index (χ0v) is 17.2. The van der Waals surface area contributed by atoms with Crippen LogP contribution < -0.4 is 26.6 Å². The number of aromatic amines is 1. The summed E-state index contributed by atoms with van der Waals surface area (Å²) in [6.45, 7) is 5.77. The molecular formula is C18H24ClN7O2. The van der Waals surface area contributed by atoms with Gasteiger partial charge in [-0.3, -0.25) is 9.80 Å². The lowest BCUT2D eigenvalue weighted by Crippen LogP contribution is -2.42. The number of hydrogen-bond donors (Lipinski definition) is 5. The van der Waals surface area contributed by atoms with Gasteiger partial charge in [-0.1, -0.05) is 25.4 Å². The highest BCUT2D eigenvalue weighted by molar-refractivity contribution is 6.29. The van der Waals surface area contributed by atoms with Crippen molar-refractivity contribution in [1.29, 1.82) is 5.41 Å². The second-order valence-corrected chi connectivity index (χ2v) is 6.94. The topological polar surface area (TPSA) is 126 Å². The van der Waals surface area contributed by atoms with Gasteiger partial charge in [-0.25, -0.2) is 15.2 Å². The number of nitrogens with one attached hydrogen (secondary N) is 5. The van der Waals surface area contributed by atoms with Crippen molar-refractivity contribution in [3.05, 3.63) is 44.8 Å². The Balaban J connectivity index is 2.26. The third kappa shape index (κ3) is 5.01. The van der Waals surface area contributed by atoms with Crippen LogP contribution in [0.4, 0.5) is 22.1 Å². The number of amides is 2. The van der Waals surface area contributed by atoms with Crippen molar-refractivity contribution in [2.45, 2.75) is 26.7 Å². The maximum atomic E-state index is 12.3. The summed E-state index contributed by atoms with van der Waals surface area (Å²) >= 11 is 5.78. The lowest BCUT2D eigenvalue weighted by atomic mass is 9.95. The zero-order chi connectivity index (χ0) is 21.0. The number of H-pyrrole nitrogens is 1. The van der Waals surface area contributed by atoms with Crippen LogP contribution >= 0.6 is 11.6 Å². The Morgan fingerprint density at radius 3 is 2.54 bits per heavy atom. The lowest BCUT2D eigenvalue weighted by Gasteiger charge is -2.24. The van der Waals surface area contributed by atoms with Crippen molar-refractivity contribution >= 4 is 40.7 Å². The fraction of sp³-hybridized carbons (Fsp3) is 0.333. The molecule has 0 unspecified atom stereocenters. The minimum absolute atomic E-state index is 0.121. The number of anilines is 3. The van der Waals surface area contributed by atoms with Gasteiger partial charge in [-0.2, -0.15) is 0 Å². The molecule has 9 nitrogen and oxygen atoms in total. The predicted octanol–water partition coefficient (Wildman–Crippen LogP) is 3.15. The van der Waals surface area contributed by atoms with E-state index in [2.05, 4.69) is 26.0 Å². The second-order valence-electron chi connectivity index (χ2n) is 6.53. The van der Waals surface area contributed by atoms with E-state index in [-0.39, 0.29) is 16.8 Å². The minimum atomic E-state index is -0.560. The molecule has 2 rings (SSSR count). The molecule has 0 aliphatic heterocycles. The summed E-state index contributed by atoms with van der Waals surface area (Å²) < 4.78 is 0. The van der Waals surface area contributed by atoms with E-state index in [0.29, 0.717) is 17.3 Å². The van der Waals surface area contributed by atoms with Gasteiger partial charge in [-0.05, 0) is 30.5 Å². The molecule has 0 radical (unpaired) electrons. The molecule has 0 spiro atoms. The minimum Gasteiger partial charge on any atom is -0.373 e. The van der Waals surface area contributed by atoms with Crippen LogP contribution in [0.15, 0.2) is 23.0 Å². The summed E-state index contributed by atoms with van der Waals surface area (Å²) in [6.07, 6.45) is 0. The number of nitrogens with zero attached hydrogens (tertiary/aromatic N) is 2. The van der Waals surface area contributed by atoms with Crippen molar-refractivity contribution < 1.29 is 4.79 Å².